The molecule has 0 aliphatic rings. The number of benzene rings is 2. The molecule has 0 atom stereocenters. The maximum atomic E-state index is 12.8. The third-order valence-corrected chi connectivity index (χ3v) is 7.76. The van der Waals surface area contributed by atoms with Crippen LogP contribution in [0.15, 0.2) is 59.5 Å². The predicted molar refractivity (Wildman–Crippen MR) is 147 cm³/mol. The summed E-state index contributed by atoms with van der Waals surface area (Å²) in [5.74, 6) is -0.116. The molecule has 37 heavy (non-hydrogen) atoms. The minimum absolute atomic E-state index is 0.00589. The number of rotatable bonds is 10. The number of aromatic nitrogens is 3. The van der Waals surface area contributed by atoms with Crippen LogP contribution >= 0.6 is 11.6 Å². The highest BCUT2D eigenvalue weighted by molar-refractivity contribution is 7.90. The zero-order chi connectivity index (χ0) is 26.6. The van der Waals surface area contributed by atoms with Gasteiger partial charge in [-0.1, -0.05) is 55.1 Å². The number of hydrogen-bond donors (Lipinski definition) is 2. The average molecular weight is 540 g/mol. The van der Waals surface area contributed by atoms with Crippen molar-refractivity contribution in [3.05, 3.63) is 82.3 Å². The Hall–Kier alpha value is -3.43. The molecule has 0 aliphatic carbocycles. The standard InChI is InChI=1S/C27H30ClN5O3S/c1-4-5-6-15-29-21-10-9-20(23(28)16-21)17-33-19(3)30-24-13-14-25(31-26(24)33)27(34)32-37(35,36)22-11-7-18(2)8-12-22/h7-14,16,29H,4-6,15,17H2,1-3H3,(H,32,34). The molecule has 10 heteroatoms. The predicted octanol–water partition coefficient (Wildman–Crippen LogP) is 5.47. The molecule has 0 aliphatic heterocycles. The molecule has 2 aromatic carbocycles. The summed E-state index contributed by atoms with van der Waals surface area (Å²) in [4.78, 5) is 21.8. The van der Waals surface area contributed by atoms with Gasteiger partial charge in [0, 0.05) is 17.3 Å². The van der Waals surface area contributed by atoms with E-state index in [1.807, 2.05) is 36.6 Å². The van der Waals surface area contributed by atoms with Crippen LogP contribution in [0.4, 0.5) is 5.69 Å². The van der Waals surface area contributed by atoms with E-state index < -0.39 is 15.9 Å². The van der Waals surface area contributed by atoms with Crippen LogP contribution in [0.2, 0.25) is 5.02 Å². The molecule has 1 amide bonds. The summed E-state index contributed by atoms with van der Waals surface area (Å²) in [6, 6.07) is 15.2. The molecule has 0 radical (unpaired) electrons. The van der Waals surface area contributed by atoms with Crippen molar-refractivity contribution in [2.24, 2.45) is 0 Å². The average Bonchev–Trinajstić information content (AvgIpc) is 3.17. The maximum Gasteiger partial charge on any atom is 0.283 e. The fourth-order valence-electron chi connectivity index (χ4n) is 3.94. The first kappa shape index (κ1) is 26.6. The first-order valence-electron chi connectivity index (χ1n) is 12.2. The van der Waals surface area contributed by atoms with Crippen molar-refractivity contribution in [3.8, 4) is 0 Å². The van der Waals surface area contributed by atoms with Crippen molar-refractivity contribution >= 4 is 44.4 Å². The number of imidazole rings is 1. The molecule has 2 N–H and O–H groups in total. The fourth-order valence-corrected chi connectivity index (χ4v) is 5.15. The summed E-state index contributed by atoms with van der Waals surface area (Å²) in [7, 11) is -4.04. The molecule has 0 saturated heterocycles. The second kappa shape index (κ2) is 11.3. The topological polar surface area (TPSA) is 106 Å². The summed E-state index contributed by atoms with van der Waals surface area (Å²) >= 11 is 6.59. The van der Waals surface area contributed by atoms with Gasteiger partial charge in [-0.25, -0.2) is 23.1 Å². The summed E-state index contributed by atoms with van der Waals surface area (Å²) in [6.45, 7) is 7.17. The Morgan fingerprint density at radius 3 is 2.46 bits per heavy atom. The summed E-state index contributed by atoms with van der Waals surface area (Å²) in [5, 5.41) is 4.00. The lowest BCUT2D eigenvalue weighted by Gasteiger charge is -2.12. The second-order valence-electron chi connectivity index (χ2n) is 8.97. The molecule has 0 spiro atoms. The highest BCUT2D eigenvalue weighted by atomic mass is 35.5. The van der Waals surface area contributed by atoms with E-state index in [-0.39, 0.29) is 10.6 Å². The first-order valence-corrected chi connectivity index (χ1v) is 14.0. The molecular formula is C27H30ClN5O3S. The number of halogens is 1. The molecule has 0 unspecified atom stereocenters. The number of aryl methyl sites for hydroxylation is 2. The lowest BCUT2D eigenvalue weighted by atomic mass is 10.2. The van der Waals surface area contributed by atoms with E-state index >= 15 is 0 Å². The minimum Gasteiger partial charge on any atom is -0.385 e. The van der Waals surface area contributed by atoms with E-state index in [0.717, 1.165) is 29.8 Å². The number of nitrogens with one attached hydrogen (secondary N) is 2. The number of carbonyl (C=O) groups is 1. The van der Waals surface area contributed by atoms with E-state index in [2.05, 4.69) is 26.9 Å². The Kier molecular flexibility index (Phi) is 8.14. The number of carbonyl (C=O) groups excluding carboxylic acids is 1. The molecule has 194 valence electrons. The van der Waals surface area contributed by atoms with E-state index in [0.29, 0.717) is 28.6 Å². The zero-order valence-electron chi connectivity index (χ0n) is 21.1. The van der Waals surface area contributed by atoms with Crippen LogP contribution in [-0.2, 0) is 16.6 Å². The second-order valence-corrected chi connectivity index (χ2v) is 11.1. The third-order valence-electron chi connectivity index (χ3n) is 6.07. The lowest BCUT2D eigenvalue weighted by Crippen LogP contribution is -2.31. The van der Waals surface area contributed by atoms with Crippen LogP contribution in [-0.4, -0.2) is 35.4 Å². The highest BCUT2D eigenvalue weighted by Crippen LogP contribution is 2.24. The van der Waals surface area contributed by atoms with Gasteiger partial charge in [0.25, 0.3) is 15.9 Å². The van der Waals surface area contributed by atoms with Gasteiger partial charge in [-0.2, -0.15) is 0 Å². The van der Waals surface area contributed by atoms with E-state index in [4.69, 9.17) is 11.6 Å². The SMILES string of the molecule is CCCCCNc1ccc(Cn2c(C)nc3ccc(C(=O)NS(=O)(=O)c4ccc(C)cc4)nc32)c(Cl)c1. The van der Waals surface area contributed by atoms with Gasteiger partial charge in [0.05, 0.1) is 11.4 Å². The van der Waals surface area contributed by atoms with Gasteiger partial charge < -0.3 is 9.88 Å². The molecule has 2 heterocycles. The van der Waals surface area contributed by atoms with E-state index in [1.54, 1.807) is 18.2 Å². The van der Waals surface area contributed by atoms with Crippen LogP contribution in [0.5, 0.6) is 0 Å². The van der Waals surface area contributed by atoms with E-state index in [1.165, 1.54) is 31.0 Å². The number of unbranched alkanes of at least 4 members (excludes halogenated alkanes) is 2. The van der Waals surface area contributed by atoms with Crippen molar-refractivity contribution in [2.45, 2.75) is 51.5 Å². The van der Waals surface area contributed by atoms with Crippen molar-refractivity contribution in [1.29, 1.82) is 0 Å². The molecule has 4 rings (SSSR count). The normalized spacial score (nSPS) is 11.6. The van der Waals surface area contributed by atoms with Gasteiger partial charge in [0.2, 0.25) is 0 Å². The number of pyridine rings is 1. The van der Waals surface area contributed by atoms with Crippen molar-refractivity contribution < 1.29 is 13.2 Å². The number of hydrogen-bond acceptors (Lipinski definition) is 6. The number of nitrogens with zero attached hydrogens (tertiary/aromatic N) is 3. The smallest absolute Gasteiger partial charge is 0.283 e. The summed E-state index contributed by atoms with van der Waals surface area (Å²) < 4.78 is 29.3. The fraction of sp³-hybridized carbons (Fsp3) is 0.296. The summed E-state index contributed by atoms with van der Waals surface area (Å²) in [5.41, 5.74) is 3.79. The van der Waals surface area contributed by atoms with Gasteiger partial charge in [-0.05, 0) is 62.2 Å². The Balaban J connectivity index is 1.55. The van der Waals surface area contributed by atoms with Gasteiger partial charge in [0.15, 0.2) is 5.65 Å². The summed E-state index contributed by atoms with van der Waals surface area (Å²) in [6.07, 6.45) is 3.44. The van der Waals surface area contributed by atoms with Crippen LogP contribution in [0.1, 0.15) is 53.6 Å². The third kappa shape index (κ3) is 6.29. The Bertz CT molecular complexity index is 1530. The number of fused-ring (bicyclic) bond motifs is 1. The Labute approximate surface area is 222 Å². The molecule has 4 aromatic rings. The number of sulfonamides is 1. The largest absolute Gasteiger partial charge is 0.385 e. The van der Waals surface area contributed by atoms with Gasteiger partial charge in [0.1, 0.15) is 17.0 Å². The molecule has 2 aromatic heterocycles. The van der Waals surface area contributed by atoms with Crippen LogP contribution in [0.25, 0.3) is 11.2 Å². The first-order chi connectivity index (χ1) is 17.7. The molecular weight excluding hydrogens is 510 g/mol. The van der Waals surface area contributed by atoms with Crippen LogP contribution in [0, 0.1) is 13.8 Å². The van der Waals surface area contributed by atoms with Crippen molar-refractivity contribution in [2.75, 3.05) is 11.9 Å². The molecule has 0 saturated carbocycles. The number of anilines is 1. The molecule has 0 fully saturated rings. The Morgan fingerprint density at radius 2 is 1.76 bits per heavy atom. The number of amides is 1. The van der Waals surface area contributed by atoms with Crippen molar-refractivity contribution in [3.63, 3.8) is 0 Å². The van der Waals surface area contributed by atoms with Crippen LogP contribution < -0.4 is 10.0 Å². The van der Waals surface area contributed by atoms with Crippen molar-refractivity contribution in [1.82, 2.24) is 19.3 Å². The van der Waals surface area contributed by atoms with E-state index in [9.17, 15) is 13.2 Å². The molecule has 8 nitrogen and oxygen atoms in total. The maximum absolute atomic E-state index is 12.8. The van der Waals surface area contributed by atoms with Gasteiger partial charge in [-0.3, -0.25) is 4.79 Å². The monoisotopic (exact) mass is 539 g/mol. The highest BCUT2D eigenvalue weighted by Gasteiger charge is 2.21. The zero-order valence-corrected chi connectivity index (χ0v) is 22.7. The lowest BCUT2D eigenvalue weighted by molar-refractivity contribution is 0.0977. The van der Waals surface area contributed by atoms with Crippen LogP contribution in [0.3, 0.4) is 0 Å². The Morgan fingerprint density at radius 1 is 1.00 bits per heavy atom. The van der Waals surface area contributed by atoms with Gasteiger partial charge in [-0.15, -0.1) is 0 Å². The quantitative estimate of drug-likeness (QED) is 0.259. The molecule has 0 bridgehead atoms. The van der Waals surface area contributed by atoms with Gasteiger partial charge >= 0.3 is 0 Å². The minimum atomic E-state index is -4.04.